The van der Waals surface area contributed by atoms with Gasteiger partial charge in [-0.2, -0.15) is 0 Å². The van der Waals surface area contributed by atoms with E-state index in [2.05, 4.69) is 24.4 Å². The van der Waals surface area contributed by atoms with Crippen LogP contribution in [-0.4, -0.2) is 13.2 Å². The average molecular weight is 217 g/mol. The lowest BCUT2D eigenvalue weighted by Gasteiger charge is -2.24. The summed E-state index contributed by atoms with van der Waals surface area (Å²) in [6.45, 7) is 5.06. The molecule has 1 atom stereocenters. The summed E-state index contributed by atoms with van der Waals surface area (Å²) in [5.41, 5.74) is 5.85. The van der Waals surface area contributed by atoms with E-state index in [1.54, 1.807) is 0 Å². The smallest absolute Gasteiger partial charge is 0.0722 e. The van der Waals surface area contributed by atoms with Crippen LogP contribution in [0.5, 0.6) is 0 Å². The Labute approximate surface area is 97.0 Å². The molecule has 1 N–H and O–H groups in total. The molecule has 0 radical (unpaired) electrons. The van der Waals surface area contributed by atoms with Crippen molar-refractivity contribution in [3.05, 3.63) is 34.4 Å². The van der Waals surface area contributed by atoms with Crippen LogP contribution >= 0.6 is 0 Å². The van der Waals surface area contributed by atoms with Gasteiger partial charge in [0, 0.05) is 6.04 Å². The van der Waals surface area contributed by atoms with Crippen LogP contribution in [0, 0.1) is 6.92 Å². The number of ether oxygens (including phenoxy) is 1. The van der Waals surface area contributed by atoms with Gasteiger partial charge in [-0.1, -0.05) is 17.7 Å². The topological polar surface area (TPSA) is 21.3 Å². The number of fused-ring (bicyclic) bond motifs is 1. The lowest BCUT2D eigenvalue weighted by molar-refractivity contribution is 0.109. The molecule has 86 valence electrons. The molecule has 0 amide bonds. The van der Waals surface area contributed by atoms with Crippen LogP contribution < -0.4 is 5.32 Å². The van der Waals surface area contributed by atoms with E-state index in [9.17, 15) is 0 Å². The summed E-state index contributed by atoms with van der Waals surface area (Å²) >= 11 is 0. The Balaban J connectivity index is 2.04. The Morgan fingerprint density at radius 3 is 3.12 bits per heavy atom. The second-order valence-electron chi connectivity index (χ2n) is 4.94. The zero-order chi connectivity index (χ0) is 11.0. The van der Waals surface area contributed by atoms with Crippen LogP contribution in [0.2, 0.25) is 0 Å². The first-order valence-electron chi connectivity index (χ1n) is 6.28. The molecule has 0 bridgehead atoms. The summed E-state index contributed by atoms with van der Waals surface area (Å²) in [6, 6.07) is 5.24. The van der Waals surface area contributed by atoms with Gasteiger partial charge in [0.1, 0.15) is 0 Å². The van der Waals surface area contributed by atoms with Crippen molar-refractivity contribution in [1.29, 1.82) is 0 Å². The normalized spacial score (nSPS) is 24.4. The van der Waals surface area contributed by atoms with Gasteiger partial charge in [0.25, 0.3) is 0 Å². The first-order valence-corrected chi connectivity index (χ1v) is 6.28. The predicted molar refractivity (Wildman–Crippen MR) is 64.5 cm³/mol. The van der Waals surface area contributed by atoms with E-state index >= 15 is 0 Å². The van der Waals surface area contributed by atoms with Gasteiger partial charge in [-0.15, -0.1) is 0 Å². The number of nitrogens with one attached hydrogen (secondary N) is 1. The van der Waals surface area contributed by atoms with Gasteiger partial charge < -0.3 is 10.1 Å². The highest BCUT2D eigenvalue weighted by atomic mass is 16.5. The first kappa shape index (κ1) is 10.3. The van der Waals surface area contributed by atoms with Gasteiger partial charge in [0.05, 0.1) is 13.2 Å². The average Bonchev–Trinajstić information content (AvgIpc) is 2.81. The van der Waals surface area contributed by atoms with Crippen molar-refractivity contribution in [2.45, 2.75) is 38.8 Å². The van der Waals surface area contributed by atoms with Crippen molar-refractivity contribution < 1.29 is 4.74 Å². The highest BCUT2D eigenvalue weighted by Gasteiger charge is 2.22. The van der Waals surface area contributed by atoms with Crippen LogP contribution in [0.25, 0.3) is 0 Å². The van der Waals surface area contributed by atoms with Gasteiger partial charge in [0.15, 0.2) is 0 Å². The summed E-state index contributed by atoms with van der Waals surface area (Å²) in [5.74, 6) is 0. The van der Waals surface area contributed by atoms with Gasteiger partial charge in [-0.25, -0.2) is 0 Å². The fourth-order valence-electron chi connectivity index (χ4n) is 2.94. The number of aryl methyl sites for hydroxylation is 1. The van der Waals surface area contributed by atoms with Crippen molar-refractivity contribution in [1.82, 2.24) is 5.32 Å². The summed E-state index contributed by atoms with van der Waals surface area (Å²) in [5, 5.41) is 3.59. The van der Waals surface area contributed by atoms with Crippen LogP contribution in [-0.2, 0) is 17.8 Å². The zero-order valence-corrected chi connectivity index (χ0v) is 9.88. The highest BCUT2D eigenvalue weighted by molar-refractivity contribution is 5.41. The van der Waals surface area contributed by atoms with Crippen molar-refractivity contribution >= 4 is 0 Å². The summed E-state index contributed by atoms with van der Waals surface area (Å²) in [4.78, 5) is 0. The largest absolute Gasteiger partial charge is 0.376 e. The number of hydrogen-bond acceptors (Lipinski definition) is 2. The van der Waals surface area contributed by atoms with Crippen LogP contribution in [0.3, 0.4) is 0 Å². The Morgan fingerprint density at radius 1 is 1.38 bits per heavy atom. The van der Waals surface area contributed by atoms with Crippen LogP contribution in [0.4, 0.5) is 0 Å². The molecule has 0 spiro atoms. The molecule has 2 heteroatoms. The number of hydrogen-bond donors (Lipinski definition) is 1. The van der Waals surface area contributed by atoms with E-state index in [1.165, 1.54) is 35.1 Å². The SMILES string of the molecule is Cc1cc2c(c([C@@H]3CCCN3)c1)COCC2. The maximum Gasteiger partial charge on any atom is 0.0722 e. The van der Waals surface area contributed by atoms with Crippen molar-refractivity contribution in [2.24, 2.45) is 0 Å². The second-order valence-corrected chi connectivity index (χ2v) is 4.94. The third kappa shape index (κ3) is 1.76. The van der Waals surface area contributed by atoms with Crippen molar-refractivity contribution in [2.75, 3.05) is 13.2 Å². The van der Waals surface area contributed by atoms with Gasteiger partial charge in [-0.3, -0.25) is 0 Å². The van der Waals surface area contributed by atoms with Crippen molar-refractivity contribution in [3.8, 4) is 0 Å². The fourth-order valence-corrected chi connectivity index (χ4v) is 2.94. The van der Waals surface area contributed by atoms with E-state index in [-0.39, 0.29) is 0 Å². The second kappa shape index (κ2) is 4.19. The van der Waals surface area contributed by atoms with Crippen LogP contribution in [0.15, 0.2) is 12.1 Å². The lowest BCUT2D eigenvalue weighted by Crippen LogP contribution is -2.19. The molecule has 1 saturated heterocycles. The fraction of sp³-hybridized carbons (Fsp3) is 0.571. The minimum absolute atomic E-state index is 0.565. The standard InChI is InChI=1S/C14H19NO/c1-10-7-11-4-6-16-9-13(11)12(8-10)14-3-2-5-15-14/h7-8,14-15H,2-6,9H2,1H3/t14-/m0/s1. The molecule has 16 heavy (non-hydrogen) atoms. The molecule has 1 aromatic rings. The lowest BCUT2D eigenvalue weighted by atomic mass is 9.91. The van der Waals surface area contributed by atoms with E-state index in [4.69, 9.17) is 4.74 Å². The Bertz CT molecular complexity index is 394. The minimum atomic E-state index is 0.565. The Morgan fingerprint density at radius 2 is 2.31 bits per heavy atom. The quantitative estimate of drug-likeness (QED) is 0.780. The third-order valence-electron chi connectivity index (χ3n) is 3.72. The summed E-state index contributed by atoms with van der Waals surface area (Å²) in [7, 11) is 0. The molecule has 1 aromatic carbocycles. The van der Waals surface area contributed by atoms with Gasteiger partial charge >= 0.3 is 0 Å². The molecule has 3 rings (SSSR count). The highest BCUT2D eigenvalue weighted by Crippen LogP contribution is 2.31. The summed E-state index contributed by atoms with van der Waals surface area (Å²) < 4.78 is 5.61. The number of benzene rings is 1. The van der Waals surface area contributed by atoms with Gasteiger partial charge in [0.2, 0.25) is 0 Å². The van der Waals surface area contributed by atoms with Gasteiger partial charge in [-0.05, 0) is 49.4 Å². The molecular weight excluding hydrogens is 198 g/mol. The maximum atomic E-state index is 5.61. The Hall–Kier alpha value is -0.860. The molecule has 1 fully saturated rings. The van der Waals surface area contributed by atoms with E-state index in [0.29, 0.717) is 6.04 Å². The Kier molecular flexibility index (Phi) is 2.70. The predicted octanol–water partition coefficient (Wildman–Crippen LogP) is 2.49. The maximum absolute atomic E-state index is 5.61. The van der Waals surface area contributed by atoms with E-state index < -0.39 is 0 Å². The molecule has 2 heterocycles. The molecule has 2 aliphatic rings. The third-order valence-corrected chi connectivity index (χ3v) is 3.72. The first-order chi connectivity index (χ1) is 7.84. The van der Waals surface area contributed by atoms with Crippen LogP contribution in [0.1, 0.15) is 41.1 Å². The number of rotatable bonds is 1. The van der Waals surface area contributed by atoms with E-state index in [0.717, 1.165) is 26.2 Å². The molecule has 0 unspecified atom stereocenters. The molecule has 0 saturated carbocycles. The molecule has 0 aliphatic carbocycles. The monoisotopic (exact) mass is 217 g/mol. The van der Waals surface area contributed by atoms with Crippen molar-refractivity contribution in [3.63, 3.8) is 0 Å². The molecule has 0 aromatic heterocycles. The summed E-state index contributed by atoms with van der Waals surface area (Å²) in [6.07, 6.45) is 3.65. The zero-order valence-electron chi connectivity index (χ0n) is 9.88. The molecule has 2 nitrogen and oxygen atoms in total. The minimum Gasteiger partial charge on any atom is -0.376 e. The van der Waals surface area contributed by atoms with E-state index in [1.807, 2.05) is 0 Å². The molecule has 2 aliphatic heterocycles. The molecular formula is C14H19NO.